The molecule has 8 heteroatoms. The Morgan fingerprint density at radius 2 is 1.93 bits per heavy atom. The molecule has 0 radical (unpaired) electrons. The summed E-state index contributed by atoms with van der Waals surface area (Å²) < 4.78 is 16.4. The fourth-order valence-corrected chi connectivity index (χ4v) is 2.46. The first-order valence-corrected chi connectivity index (χ1v) is 9.17. The molecule has 0 saturated carbocycles. The number of nitriles is 1. The molecule has 0 heterocycles. The summed E-state index contributed by atoms with van der Waals surface area (Å²) in [6, 6.07) is 14.1. The fraction of sp³-hybridized carbons (Fsp3) is 0.150. The molecule has 28 heavy (non-hydrogen) atoms. The van der Waals surface area contributed by atoms with Crippen LogP contribution < -0.4 is 14.8 Å². The number of carbonyl (C=O) groups is 2. The van der Waals surface area contributed by atoms with Gasteiger partial charge in [0.2, 0.25) is 0 Å². The van der Waals surface area contributed by atoms with Gasteiger partial charge in [0, 0.05) is 15.3 Å². The second-order valence-electron chi connectivity index (χ2n) is 5.35. The van der Waals surface area contributed by atoms with E-state index in [0.717, 1.165) is 3.57 Å². The van der Waals surface area contributed by atoms with Crippen molar-refractivity contribution in [2.75, 3.05) is 25.6 Å². The molecule has 0 aliphatic carbocycles. The third-order valence-corrected chi connectivity index (χ3v) is 4.08. The Balaban J connectivity index is 1.86. The number of amides is 1. The van der Waals surface area contributed by atoms with E-state index >= 15 is 0 Å². The molecule has 0 fully saturated rings. The van der Waals surface area contributed by atoms with Crippen LogP contribution in [0.4, 0.5) is 5.69 Å². The number of nitrogens with one attached hydrogen (secondary N) is 1. The zero-order chi connectivity index (χ0) is 20.4. The van der Waals surface area contributed by atoms with Crippen LogP contribution in [0.1, 0.15) is 5.56 Å². The van der Waals surface area contributed by atoms with Crippen LogP contribution in [0.2, 0.25) is 0 Å². The average molecular weight is 492 g/mol. The summed E-state index contributed by atoms with van der Waals surface area (Å²) >= 11 is 2.16. The Labute approximate surface area is 176 Å². The molecule has 144 valence electrons. The van der Waals surface area contributed by atoms with Crippen LogP contribution in [-0.4, -0.2) is 32.2 Å². The molecule has 2 rings (SSSR count). The van der Waals surface area contributed by atoms with Crippen molar-refractivity contribution >= 4 is 46.2 Å². The number of anilines is 1. The molecule has 0 atom stereocenters. The number of rotatable bonds is 8. The number of hydrogen-bond acceptors (Lipinski definition) is 6. The van der Waals surface area contributed by atoms with Gasteiger partial charge in [-0.1, -0.05) is 6.07 Å². The van der Waals surface area contributed by atoms with E-state index in [2.05, 4.69) is 27.9 Å². The van der Waals surface area contributed by atoms with Gasteiger partial charge in [0.15, 0.2) is 24.7 Å². The van der Waals surface area contributed by atoms with E-state index in [4.69, 9.17) is 19.5 Å². The van der Waals surface area contributed by atoms with Gasteiger partial charge in [-0.2, -0.15) is 5.26 Å². The number of carbonyl (C=O) groups excluding carboxylic acids is 2. The number of benzene rings is 2. The van der Waals surface area contributed by atoms with Crippen LogP contribution >= 0.6 is 22.6 Å². The summed E-state index contributed by atoms with van der Waals surface area (Å²) in [4.78, 5) is 23.6. The molecule has 0 aliphatic heterocycles. The van der Waals surface area contributed by atoms with E-state index < -0.39 is 11.9 Å². The molecule has 2 aromatic carbocycles. The maximum absolute atomic E-state index is 11.8. The lowest BCUT2D eigenvalue weighted by Crippen LogP contribution is -2.20. The Morgan fingerprint density at radius 3 is 2.61 bits per heavy atom. The minimum atomic E-state index is -0.651. The predicted molar refractivity (Wildman–Crippen MR) is 112 cm³/mol. The Morgan fingerprint density at radius 1 is 1.18 bits per heavy atom. The summed E-state index contributed by atoms with van der Waals surface area (Å²) in [5.74, 6) is -0.219. The largest absolute Gasteiger partial charge is 0.493 e. The molecule has 1 N–H and O–H groups in total. The lowest BCUT2D eigenvalue weighted by Gasteiger charge is -2.08. The van der Waals surface area contributed by atoms with E-state index in [1.54, 1.807) is 30.3 Å². The third-order valence-electron chi connectivity index (χ3n) is 3.37. The Hall–Kier alpha value is -3.06. The van der Waals surface area contributed by atoms with Crippen molar-refractivity contribution in [3.05, 3.63) is 57.7 Å². The molecular formula is C20H17IN2O5. The second-order valence-corrected chi connectivity index (χ2v) is 6.60. The lowest BCUT2D eigenvalue weighted by molar-refractivity contribution is -0.142. The molecule has 0 unspecified atom stereocenters. The predicted octanol–water partition coefficient (Wildman–Crippen LogP) is 3.40. The highest BCUT2D eigenvalue weighted by Gasteiger charge is 2.07. The fourth-order valence-electron chi connectivity index (χ4n) is 2.10. The third kappa shape index (κ3) is 6.92. The van der Waals surface area contributed by atoms with Gasteiger partial charge in [-0.15, -0.1) is 0 Å². The molecule has 0 aromatic heterocycles. The normalized spacial score (nSPS) is 10.2. The minimum Gasteiger partial charge on any atom is -0.493 e. The summed E-state index contributed by atoms with van der Waals surface area (Å²) in [5.41, 5.74) is 1.30. The summed E-state index contributed by atoms with van der Waals surface area (Å²) in [7, 11) is 1.47. The van der Waals surface area contributed by atoms with Crippen LogP contribution in [0.25, 0.3) is 6.08 Å². The van der Waals surface area contributed by atoms with Gasteiger partial charge in [0.25, 0.3) is 5.91 Å². The number of halogens is 1. The highest BCUT2D eigenvalue weighted by atomic mass is 127. The van der Waals surface area contributed by atoms with Gasteiger partial charge >= 0.3 is 5.97 Å². The van der Waals surface area contributed by atoms with Crippen molar-refractivity contribution in [2.45, 2.75) is 0 Å². The SMILES string of the molecule is COc1cc(C=CC(=O)OCC(=O)Nc2ccc(I)cc2)ccc1OCC#N. The van der Waals surface area contributed by atoms with Crippen molar-refractivity contribution in [1.29, 1.82) is 5.26 Å². The monoisotopic (exact) mass is 492 g/mol. The highest BCUT2D eigenvalue weighted by molar-refractivity contribution is 14.1. The molecule has 2 aromatic rings. The maximum atomic E-state index is 11.8. The Kier molecular flexibility index (Phi) is 8.30. The number of methoxy groups -OCH3 is 1. The van der Waals surface area contributed by atoms with Crippen LogP contribution in [0.5, 0.6) is 11.5 Å². The minimum absolute atomic E-state index is 0.0951. The molecule has 0 aliphatic rings. The van der Waals surface area contributed by atoms with Crippen LogP contribution in [-0.2, 0) is 14.3 Å². The second kappa shape index (κ2) is 10.9. The van der Waals surface area contributed by atoms with E-state index in [-0.39, 0.29) is 13.2 Å². The van der Waals surface area contributed by atoms with Gasteiger partial charge in [-0.05, 0) is 70.6 Å². The summed E-state index contributed by atoms with van der Waals surface area (Å²) in [6.07, 6.45) is 2.73. The molecule has 0 bridgehead atoms. The van der Waals surface area contributed by atoms with Gasteiger partial charge in [0.05, 0.1) is 7.11 Å². The number of ether oxygens (including phenoxy) is 3. The number of hydrogen-bond donors (Lipinski definition) is 1. The molecular weight excluding hydrogens is 475 g/mol. The standard InChI is InChI=1S/C20H17IN2O5/c1-26-18-12-14(2-8-17(18)27-11-10-22)3-9-20(25)28-13-19(24)23-16-6-4-15(21)5-7-16/h2-9,12H,11,13H2,1H3,(H,23,24). The topological polar surface area (TPSA) is 97.7 Å². The zero-order valence-corrected chi connectivity index (χ0v) is 17.1. The van der Waals surface area contributed by atoms with Gasteiger partial charge < -0.3 is 19.5 Å². The number of esters is 1. The van der Waals surface area contributed by atoms with E-state index in [9.17, 15) is 9.59 Å². The van der Waals surface area contributed by atoms with Crippen molar-refractivity contribution < 1.29 is 23.8 Å². The van der Waals surface area contributed by atoms with Gasteiger partial charge in [-0.25, -0.2) is 4.79 Å². The summed E-state index contributed by atoms with van der Waals surface area (Å²) in [6.45, 7) is -0.485. The van der Waals surface area contributed by atoms with Crippen molar-refractivity contribution in [2.24, 2.45) is 0 Å². The molecule has 0 saturated heterocycles. The molecule has 7 nitrogen and oxygen atoms in total. The van der Waals surface area contributed by atoms with Crippen molar-refractivity contribution in [3.8, 4) is 17.6 Å². The lowest BCUT2D eigenvalue weighted by atomic mass is 10.2. The van der Waals surface area contributed by atoms with Crippen LogP contribution in [0.3, 0.4) is 0 Å². The maximum Gasteiger partial charge on any atom is 0.331 e. The molecule has 1 amide bonds. The van der Waals surface area contributed by atoms with E-state index in [1.807, 2.05) is 18.2 Å². The van der Waals surface area contributed by atoms with E-state index in [0.29, 0.717) is 22.7 Å². The smallest absolute Gasteiger partial charge is 0.331 e. The molecule has 0 spiro atoms. The first-order chi connectivity index (χ1) is 13.5. The van der Waals surface area contributed by atoms with Crippen molar-refractivity contribution in [3.63, 3.8) is 0 Å². The average Bonchev–Trinajstić information content (AvgIpc) is 2.71. The van der Waals surface area contributed by atoms with Crippen molar-refractivity contribution in [1.82, 2.24) is 0 Å². The first kappa shape index (κ1) is 21.2. The Bertz CT molecular complexity index is 904. The van der Waals surface area contributed by atoms with E-state index in [1.165, 1.54) is 19.3 Å². The first-order valence-electron chi connectivity index (χ1n) is 8.10. The van der Waals surface area contributed by atoms with Crippen LogP contribution in [0, 0.1) is 14.9 Å². The number of nitrogens with zero attached hydrogens (tertiary/aromatic N) is 1. The van der Waals surface area contributed by atoms with Crippen LogP contribution in [0.15, 0.2) is 48.5 Å². The summed E-state index contributed by atoms with van der Waals surface area (Å²) in [5, 5.41) is 11.2. The zero-order valence-electron chi connectivity index (χ0n) is 15.0. The quantitative estimate of drug-likeness (QED) is 0.345. The van der Waals surface area contributed by atoms with Gasteiger partial charge in [0.1, 0.15) is 6.07 Å². The van der Waals surface area contributed by atoms with Gasteiger partial charge in [-0.3, -0.25) is 4.79 Å². The highest BCUT2D eigenvalue weighted by Crippen LogP contribution is 2.28.